The first-order valence-corrected chi connectivity index (χ1v) is 11.8. The summed E-state index contributed by atoms with van der Waals surface area (Å²) in [6.07, 6.45) is 3.36. The summed E-state index contributed by atoms with van der Waals surface area (Å²) in [5.41, 5.74) is 4.97. The highest BCUT2D eigenvalue weighted by Gasteiger charge is 2.49. The molecule has 0 amide bonds. The van der Waals surface area contributed by atoms with E-state index in [0.717, 1.165) is 11.0 Å². The van der Waals surface area contributed by atoms with Gasteiger partial charge in [-0.2, -0.15) is 0 Å². The minimum absolute atomic E-state index is 0.286. The number of hydrogen-bond donors (Lipinski definition) is 1. The van der Waals surface area contributed by atoms with Crippen LogP contribution in [-0.4, -0.2) is 53.2 Å². The number of nitro groups is 2. The summed E-state index contributed by atoms with van der Waals surface area (Å²) in [4.78, 5) is 27.8. The van der Waals surface area contributed by atoms with Crippen molar-refractivity contribution in [3.8, 4) is 5.75 Å². The zero-order valence-electron chi connectivity index (χ0n) is 17.1. The molecule has 1 saturated heterocycles. The highest BCUT2D eigenvalue weighted by atomic mass is 32.3. The van der Waals surface area contributed by atoms with Crippen LogP contribution in [0.4, 0.5) is 11.4 Å². The van der Waals surface area contributed by atoms with E-state index in [4.69, 9.17) is 20.0 Å². The first-order valence-electron chi connectivity index (χ1n) is 9.38. The summed E-state index contributed by atoms with van der Waals surface area (Å²) >= 11 is 0. The number of non-ortho nitro benzene ring substituents is 1. The van der Waals surface area contributed by atoms with Gasteiger partial charge in [-0.1, -0.05) is 0 Å². The molecule has 0 aromatic heterocycles. The quantitative estimate of drug-likeness (QED) is 0.235. The Morgan fingerprint density at radius 2 is 1.77 bits per heavy atom. The molecule has 3 rings (SSSR count). The van der Waals surface area contributed by atoms with Crippen molar-refractivity contribution in [3.63, 3.8) is 0 Å². The Balaban J connectivity index is 1.69. The van der Waals surface area contributed by atoms with Crippen molar-refractivity contribution >= 4 is 21.6 Å². The summed E-state index contributed by atoms with van der Waals surface area (Å²) in [5.74, 6) is 0.699. The molecule has 2 aromatic rings. The number of ether oxygens (including phenoxy) is 2. The van der Waals surface area contributed by atoms with E-state index in [1.54, 1.807) is 4.47 Å². The Kier molecular flexibility index (Phi) is 7.08. The normalized spacial score (nSPS) is 18.4. The van der Waals surface area contributed by atoms with E-state index in [2.05, 4.69) is 0 Å². The van der Waals surface area contributed by atoms with Crippen LogP contribution < -0.4 is 10.5 Å². The van der Waals surface area contributed by atoms with Gasteiger partial charge in [-0.3, -0.25) is 25.1 Å². The van der Waals surface area contributed by atoms with E-state index in [0.29, 0.717) is 32.1 Å². The van der Waals surface area contributed by atoms with Crippen LogP contribution in [0, 0.1) is 20.2 Å². The van der Waals surface area contributed by atoms with Gasteiger partial charge in [-0.15, -0.1) is 14.7 Å². The number of nitrogens with zero attached hydrogens (tertiary/aromatic N) is 3. The molecule has 31 heavy (non-hydrogen) atoms. The summed E-state index contributed by atoms with van der Waals surface area (Å²) in [7, 11) is -1.62. The van der Waals surface area contributed by atoms with Crippen molar-refractivity contribution in [2.45, 2.75) is 11.1 Å². The second-order valence-corrected chi connectivity index (χ2v) is 10.4. The fourth-order valence-electron chi connectivity index (χ4n) is 2.98. The molecule has 2 N–H and O–H groups in total. The summed E-state index contributed by atoms with van der Waals surface area (Å²) < 4.78 is 12.6. The van der Waals surface area contributed by atoms with Gasteiger partial charge in [0.05, 0.1) is 34.7 Å². The van der Waals surface area contributed by atoms with Gasteiger partial charge in [0.15, 0.2) is 6.23 Å². The molecular formula is C19H24N4O7S. The van der Waals surface area contributed by atoms with Gasteiger partial charge in [-0.25, -0.2) is 0 Å². The Labute approximate surface area is 180 Å². The molecule has 1 heterocycles. The van der Waals surface area contributed by atoms with Gasteiger partial charge in [0, 0.05) is 17.5 Å². The molecule has 1 aliphatic rings. The van der Waals surface area contributed by atoms with Crippen LogP contribution in [0.25, 0.3) is 0 Å². The predicted molar refractivity (Wildman–Crippen MR) is 115 cm³/mol. The largest absolute Gasteiger partial charge is 0.491 e. The van der Waals surface area contributed by atoms with Crippen molar-refractivity contribution in [2.24, 2.45) is 5.73 Å². The summed E-state index contributed by atoms with van der Waals surface area (Å²) in [6.45, 7) is 1.82. The standard InChI is InChI=1S/C19H24N4O7S/c1-31(2,16-6-4-15(5-7-16)29-12-11-28-10-9-20)23-19(30-23)17-8-3-14(21(24)25)13-18(17)22(26)27/h3-8,13,19H,9-12,20H2,1-2H3. The SMILES string of the molecule is CS(C)(c1ccc(OCCOCCN)cc1)N1OC1c1ccc([N+](=O)[O-])cc1[N+](=O)[O-]. The third-order valence-electron chi connectivity index (χ3n) is 4.65. The monoisotopic (exact) mass is 452 g/mol. The Morgan fingerprint density at radius 1 is 1.06 bits per heavy atom. The molecule has 1 aliphatic heterocycles. The van der Waals surface area contributed by atoms with Crippen LogP contribution in [0.2, 0.25) is 0 Å². The Bertz CT molecular complexity index is 955. The van der Waals surface area contributed by atoms with E-state index >= 15 is 0 Å². The van der Waals surface area contributed by atoms with Crippen molar-refractivity contribution in [3.05, 3.63) is 68.3 Å². The minimum atomic E-state index is -1.62. The molecule has 0 bridgehead atoms. The number of hydroxylamine groups is 1. The molecule has 12 heteroatoms. The van der Waals surface area contributed by atoms with Crippen molar-refractivity contribution in [2.75, 3.05) is 38.9 Å². The zero-order chi connectivity index (χ0) is 22.6. The van der Waals surface area contributed by atoms with Gasteiger partial charge in [0.1, 0.15) is 12.4 Å². The second kappa shape index (κ2) is 9.58. The molecule has 0 aliphatic carbocycles. The molecule has 2 aromatic carbocycles. The van der Waals surface area contributed by atoms with E-state index in [1.165, 1.54) is 12.1 Å². The average molecular weight is 452 g/mol. The molecule has 2 atom stereocenters. The molecular weight excluding hydrogens is 428 g/mol. The number of nitro benzene ring substituents is 2. The first-order chi connectivity index (χ1) is 14.8. The molecule has 1 fully saturated rings. The third kappa shape index (κ3) is 5.29. The second-order valence-electron chi connectivity index (χ2n) is 6.99. The Hall–Kier alpha value is -2.77. The zero-order valence-corrected chi connectivity index (χ0v) is 17.9. The van der Waals surface area contributed by atoms with Crippen molar-refractivity contribution in [1.82, 2.24) is 4.47 Å². The number of rotatable bonds is 11. The lowest BCUT2D eigenvalue weighted by Gasteiger charge is -2.30. The highest BCUT2D eigenvalue weighted by Crippen LogP contribution is 2.64. The third-order valence-corrected chi connectivity index (χ3v) is 7.25. The van der Waals surface area contributed by atoms with Gasteiger partial charge in [0.2, 0.25) is 0 Å². The van der Waals surface area contributed by atoms with Gasteiger partial charge < -0.3 is 15.2 Å². The van der Waals surface area contributed by atoms with Crippen LogP contribution in [0.3, 0.4) is 0 Å². The van der Waals surface area contributed by atoms with Crippen LogP contribution >= 0.6 is 10.2 Å². The Morgan fingerprint density at radius 3 is 2.39 bits per heavy atom. The van der Waals surface area contributed by atoms with E-state index < -0.39 is 26.3 Å². The summed E-state index contributed by atoms with van der Waals surface area (Å²) in [5, 5.41) is 22.4. The first kappa shape index (κ1) is 22.9. The fourth-order valence-corrected chi connectivity index (χ4v) is 4.88. The maximum Gasteiger partial charge on any atom is 0.283 e. The molecule has 168 valence electrons. The van der Waals surface area contributed by atoms with Crippen LogP contribution in [0.5, 0.6) is 5.75 Å². The smallest absolute Gasteiger partial charge is 0.283 e. The van der Waals surface area contributed by atoms with Crippen LogP contribution in [0.1, 0.15) is 11.8 Å². The van der Waals surface area contributed by atoms with Gasteiger partial charge in [0.25, 0.3) is 11.4 Å². The van der Waals surface area contributed by atoms with Crippen molar-refractivity contribution < 1.29 is 24.2 Å². The van der Waals surface area contributed by atoms with Crippen molar-refractivity contribution in [1.29, 1.82) is 0 Å². The molecule has 0 saturated carbocycles. The lowest BCUT2D eigenvalue weighted by molar-refractivity contribution is -0.394. The van der Waals surface area contributed by atoms with E-state index in [1.807, 2.05) is 36.8 Å². The molecule has 0 spiro atoms. The lowest BCUT2D eigenvalue weighted by Crippen LogP contribution is -2.13. The molecule has 11 nitrogen and oxygen atoms in total. The maximum absolute atomic E-state index is 11.4. The average Bonchev–Trinajstić information content (AvgIpc) is 3.55. The predicted octanol–water partition coefficient (Wildman–Crippen LogP) is 3.14. The topological polar surface area (TPSA) is 146 Å². The van der Waals surface area contributed by atoms with Gasteiger partial charge >= 0.3 is 0 Å². The number of hydrogen-bond acceptors (Lipinski definition) is 9. The summed E-state index contributed by atoms with van der Waals surface area (Å²) in [6, 6.07) is 11.1. The minimum Gasteiger partial charge on any atom is -0.491 e. The molecule has 0 radical (unpaired) electrons. The maximum atomic E-state index is 11.4. The van der Waals surface area contributed by atoms with Crippen LogP contribution in [-0.2, 0) is 9.57 Å². The van der Waals surface area contributed by atoms with E-state index in [9.17, 15) is 20.2 Å². The highest BCUT2D eigenvalue weighted by molar-refractivity contribution is 8.30. The molecule has 2 unspecified atom stereocenters. The fraction of sp³-hybridized carbons (Fsp3) is 0.368. The lowest BCUT2D eigenvalue weighted by atomic mass is 10.1. The van der Waals surface area contributed by atoms with E-state index in [-0.39, 0.29) is 16.9 Å². The number of nitrogens with two attached hydrogens (primary N) is 1. The van der Waals surface area contributed by atoms with Gasteiger partial charge in [-0.05, 0) is 42.8 Å². The number of benzene rings is 2. The van der Waals surface area contributed by atoms with Crippen LogP contribution in [0.15, 0.2) is 47.4 Å².